The van der Waals surface area contributed by atoms with Crippen molar-refractivity contribution in [2.24, 2.45) is 0 Å². The van der Waals surface area contributed by atoms with Crippen LogP contribution in [0.1, 0.15) is 45.1 Å². The van der Waals surface area contributed by atoms with Gasteiger partial charge in [0.25, 0.3) is 0 Å². The highest BCUT2D eigenvalue weighted by Gasteiger charge is 2.21. The number of urea groups is 1. The normalized spacial score (nSPS) is 11.3. The quantitative estimate of drug-likeness (QED) is 0.118. The highest BCUT2D eigenvalue weighted by molar-refractivity contribution is 5.90. The first-order valence-corrected chi connectivity index (χ1v) is 14.0. The zero-order valence-electron chi connectivity index (χ0n) is 24.0. The van der Waals surface area contributed by atoms with E-state index in [4.69, 9.17) is 18.9 Å². The van der Waals surface area contributed by atoms with E-state index in [-0.39, 0.29) is 24.3 Å². The topological polar surface area (TPSA) is 107 Å². The Kier molecular flexibility index (Phi) is 12.6. The van der Waals surface area contributed by atoms with E-state index in [1.165, 1.54) is 6.07 Å². The fourth-order valence-corrected chi connectivity index (χ4v) is 3.95. The van der Waals surface area contributed by atoms with Crippen molar-refractivity contribution >= 4 is 17.7 Å². The number of carbonyl (C=O) groups excluding carboxylic acids is 2. The molecule has 2 N–H and O–H groups in total. The molecule has 3 aromatic carbocycles. The number of benzene rings is 3. The molecular weight excluding hydrogens is 524 g/mol. The van der Waals surface area contributed by atoms with Crippen LogP contribution < -0.4 is 19.5 Å². The SMILES string of the molecule is CCCCOC(=O)[C@@H](CC)Oc1cccc(CN(CCCOc2ccc(OC)cc2)C(=O)Nc2ccccc2O)c1. The van der Waals surface area contributed by atoms with Crippen molar-refractivity contribution in [1.29, 1.82) is 0 Å². The molecule has 0 bridgehead atoms. The molecule has 220 valence electrons. The van der Waals surface area contributed by atoms with Gasteiger partial charge in [-0.05, 0) is 73.4 Å². The summed E-state index contributed by atoms with van der Waals surface area (Å²) in [5.74, 6) is 1.57. The third kappa shape index (κ3) is 10.3. The van der Waals surface area contributed by atoms with Gasteiger partial charge in [-0.15, -0.1) is 0 Å². The molecule has 0 heterocycles. The van der Waals surface area contributed by atoms with Crippen LogP contribution in [0.15, 0.2) is 72.8 Å². The van der Waals surface area contributed by atoms with E-state index in [2.05, 4.69) is 5.32 Å². The van der Waals surface area contributed by atoms with Crippen LogP contribution in [0.5, 0.6) is 23.0 Å². The fourth-order valence-electron chi connectivity index (χ4n) is 3.95. The lowest BCUT2D eigenvalue weighted by atomic mass is 10.2. The van der Waals surface area contributed by atoms with Crippen LogP contribution in [0, 0.1) is 0 Å². The fraction of sp³-hybridized carbons (Fsp3) is 0.375. The Bertz CT molecular complexity index is 1230. The summed E-state index contributed by atoms with van der Waals surface area (Å²) < 4.78 is 22.3. The summed E-state index contributed by atoms with van der Waals surface area (Å²) in [7, 11) is 1.61. The molecule has 2 amide bonds. The van der Waals surface area contributed by atoms with E-state index in [0.717, 1.165) is 24.2 Å². The van der Waals surface area contributed by atoms with Crippen LogP contribution >= 0.6 is 0 Å². The highest BCUT2D eigenvalue weighted by Crippen LogP contribution is 2.23. The number of ether oxygens (including phenoxy) is 4. The van der Waals surface area contributed by atoms with Crippen molar-refractivity contribution in [3.8, 4) is 23.0 Å². The number of amides is 2. The second-order valence-corrected chi connectivity index (χ2v) is 9.43. The van der Waals surface area contributed by atoms with Gasteiger partial charge in [0.15, 0.2) is 6.10 Å². The summed E-state index contributed by atoms with van der Waals surface area (Å²) in [6.45, 7) is 5.34. The van der Waals surface area contributed by atoms with Gasteiger partial charge in [0, 0.05) is 13.1 Å². The lowest BCUT2D eigenvalue weighted by molar-refractivity contribution is -0.152. The Balaban J connectivity index is 1.66. The van der Waals surface area contributed by atoms with Crippen molar-refractivity contribution < 1.29 is 33.6 Å². The predicted molar refractivity (Wildman–Crippen MR) is 158 cm³/mol. The van der Waals surface area contributed by atoms with Gasteiger partial charge in [-0.3, -0.25) is 0 Å². The molecular formula is C32H40N2O7. The Hall–Kier alpha value is -4.40. The molecule has 0 saturated heterocycles. The largest absolute Gasteiger partial charge is 0.506 e. The first kappa shape index (κ1) is 31.1. The maximum Gasteiger partial charge on any atom is 0.347 e. The van der Waals surface area contributed by atoms with Crippen LogP contribution in [0.4, 0.5) is 10.5 Å². The van der Waals surface area contributed by atoms with Gasteiger partial charge in [-0.25, -0.2) is 9.59 Å². The number of anilines is 1. The van der Waals surface area contributed by atoms with E-state index in [1.54, 1.807) is 36.3 Å². The summed E-state index contributed by atoms with van der Waals surface area (Å²) in [6.07, 6.45) is 2.07. The summed E-state index contributed by atoms with van der Waals surface area (Å²) in [5.41, 5.74) is 1.14. The van der Waals surface area contributed by atoms with Crippen molar-refractivity contribution in [2.45, 2.75) is 52.2 Å². The van der Waals surface area contributed by atoms with Gasteiger partial charge in [0.2, 0.25) is 0 Å². The number of hydrogen-bond acceptors (Lipinski definition) is 7. The number of rotatable bonds is 16. The molecule has 0 saturated carbocycles. The minimum atomic E-state index is -0.710. The number of nitrogens with zero attached hydrogens (tertiary/aromatic N) is 1. The molecule has 0 spiro atoms. The predicted octanol–water partition coefficient (Wildman–Crippen LogP) is 6.40. The number of methoxy groups -OCH3 is 1. The molecule has 9 nitrogen and oxygen atoms in total. The highest BCUT2D eigenvalue weighted by atomic mass is 16.6. The van der Waals surface area contributed by atoms with Crippen molar-refractivity contribution in [3.63, 3.8) is 0 Å². The average molecular weight is 565 g/mol. The number of phenols is 1. The number of hydrogen-bond donors (Lipinski definition) is 2. The van der Waals surface area contributed by atoms with E-state index in [0.29, 0.717) is 49.8 Å². The van der Waals surface area contributed by atoms with Gasteiger partial charge in [-0.2, -0.15) is 0 Å². The minimum absolute atomic E-state index is 0.0181. The molecule has 0 aromatic heterocycles. The van der Waals surface area contributed by atoms with Crippen LogP contribution in [-0.4, -0.2) is 55.0 Å². The summed E-state index contributed by atoms with van der Waals surface area (Å²) in [5, 5.41) is 12.9. The Morgan fingerprint density at radius 3 is 2.37 bits per heavy atom. The van der Waals surface area contributed by atoms with Gasteiger partial charge >= 0.3 is 12.0 Å². The molecule has 0 aliphatic rings. The number of phenolic OH excluding ortho intramolecular Hbond substituents is 1. The van der Waals surface area contributed by atoms with Crippen LogP contribution in [0.25, 0.3) is 0 Å². The second kappa shape index (κ2) is 16.6. The summed E-state index contributed by atoms with van der Waals surface area (Å²) in [4.78, 5) is 27.4. The maximum atomic E-state index is 13.3. The number of nitrogens with one attached hydrogen (secondary N) is 1. The Labute approximate surface area is 242 Å². The number of para-hydroxylation sites is 2. The molecule has 0 aliphatic carbocycles. The lowest BCUT2D eigenvalue weighted by Gasteiger charge is -2.24. The summed E-state index contributed by atoms with van der Waals surface area (Å²) in [6, 6.07) is 20.8. The van der Waals surface area contributed by atoms with Crippen molar-refractivity contribution in [2.75, 3.05) is 32.2 Å². The number of unbranched alkanes of at least 4 members (excludes halogenated alkanes) is 1. The smallest absolute Gasteiger partial charge is 0.347 e. The first-order valence-electron chi connectivity index (χ1n) is 14.0. The average Bonchev–Trinajstić information content (AvgIpc) is 2.99. The van der Waals surface area contributed by atoms with Crippen molar-refractivity contribution in [1.82, 2.24) is 4.90 Å². The monoisotopic (exact) mass is 564 g/mol. The van der Waals surface area contributed by atoms with E-state index in [9.17, 15) is 14.7 Å². The molecule has 1 atom stereocenters. The zero-order chi connectivity index (χ0) is 29.5. The third-order valence-corrected chi connectivity index (χ3v) is 6.26. The second-order valence-electron chi connectivity index (χ2n) is 9.43. The third-order valence-electron chi connectivity index (χ3n) is 6.26. The number of aromatic hydroxyl groups is 1. The van der Waals surface area contributed by atoms with Crippen molar-refractivity contribution in [3.05, 3.63) is 78.4 Å². The van der Waals surface area contributed by atoms with E-state index in [1.807, 2.05) is 56.3 Å². The number of carbonyl (C=O) groups is 2. The molecule has 3 rings (SSSR count). The van der Waals surface area contributed by atoms with Crippen LogP contribution in [-0.2, 0) is 16.1 Å². The molecule has 0 radical (unpaired) electrons. The van der Waals surface area contributed by atoms with Crippen LogP contribution in [0.2, 0.25) is 0 Å². The molecule has 0 unspecified atom stereocenters. The molecule has 9 heteroatoms. The minimum Gasteiger partial charge on any atom is -0.506 e. The molecule has 41 heavy (non-hydrogen) atoms. The molecule has 0 aliphatic heterocycles. The molecule has 0 fully saturated rings. The van der Waals surface area contributed by atoms with Gasteiger partial charge < -0.3 is 34.3 Å². The maximum absolute atomic E-state index is 13.3. The van der Waals surface area contributed by atoms with Gasteiger partial charge in [-0.1, -0.05) is 44.5 Å². The zero-order valence-corrected chi connectivity index (χ0v) is 24.0. The lowest BCUT2D eigenvalue weighted by Crippen LogP contribution is -2.36. The summed E-state index contributed by atoms with van der Waals surface area (Å²) >= 11 is 0. The first-order chi connectivity index (χ1) is 19.9. The van der Waals surface area contributed by atoms with Gasteiger partial charge in [0.05, 0.1) is 26.0 Å². The van der Waals surface area contributed by atoms with E-state index >= 15 is 0 Å². The Morgan fingerprint density at radius 2 is 1.66 bits per heavy atom. The Morgan fingerprint density at radius 1 is 0.902 bits per heavy atom. The molecule has 3 aromatic rings. The van der Waals surface area contributed by atoms with Crippen LogP contribution in [0.3, 0.4) is 0 Å². The van der Waals surface area contributed by atoms with E-state index < -0.39 is 6.10 Å². The standard InChI is InChI=1S/C32H40N2O7/c1-4-6-20-40-31(36)30(5-2)41-27-12-9-11-24(22-27)23-34(32(37)33-28-13-7-8-14-29(28)35)19-10-21-39-26-17-15-25(38-3)16-18-26/h7-9,11-18,22,30,35H,4-6,10,19-21,23H2,1-3H3,(H,33,37)/t30-/m1/s1. The van der Waals surface area contributed by atoms with Gasteiger partial charge in [0.1, 0.15) is 23.0 Å². The number of esters is 1.